The standard InChI is InChI=1S/C11H15IN2O2S/c12-9-2-1-3-11(8-9)17(15,16)14-6-4-10(13)5-7-14/h1-3,8,10H,4-7,13H2. The van der Waals surface area contributed by atoms with E-state index in [0.29, 0.717) is 18.0 Å². The van der Waals surface area contributed by atoms with Crippen molar-refractivity contribution in [3.05, 3.63) is 27.8 Å². The van der Waals surface area contributed by atoms with E-state index in [2.05, 4.69) is 22.6 Å². The molecule has 1 aromatic rings. The average molecular weight is 366 g/mol. The van der Waals surface area contributed by atoms with Crippen molar-refractivity contribution in [3.63, 3.8) is 0 Å². The molecule has 0 radical (unpaired) electrons. The molecule has 0 spiro atoms. The van der Waals surface area contributed by atoms with Gasteiger partial charge in [0.2, 0.25) is 10.0 Å². The van der Waals surface area contributed by atoms with Gasteiger partial charge in [-0.15, -0.1) is 0 Å². The van der Waals surface area contributed by atoms with Crippen LogP contribution in [0.25, 0.3) is 0 Å². The van der Waals surface area contributed by atoms with Crippen LogP contribution in [0.5, 0.6) is 0 Å². The van der Waals surface area contributed by atoms with Crippen molar-refractivity contribution in [2.45, 2.75) is 23.8 Å². The van der Waals surface area contributed by atoms with Gasteiger partial charge < -0.3 is 5.73 Å². The van der Waals surface area contributed by atoms with Crippen molar-refractivity contribution in [2.75, 3.05) is 13.1 Å². The Labute approximate surface area is 115 Å². The number of nitrogens with two attached hydrogens (primary N) is 1. The Morgan fingerprint density at radius 1 is 1.29 bits per heavy atom. The minimum atomic E-state index is -3.33. The quantitative estimate of drug-likeness (QED) is 0.805. The second-order valence-electron chi connectivity index (χ2n) is 4.20. The molecule has 0 aromatic heterocycles. The highest BCUT2D eigenvalue weighted by Gasteiger charge is 2.28. The lowest BCUT2D eigenvalue weighted by Gasteiger charge is -2.29. The molecule has 0 atom stereocenters. The normalized spacial score (nSPS) is 19.4. The summed E-state index contributed by atoms with van der Waals surface area (Å²) in [5.74, 6) is 0. The van der Waals surface area contributed by atoms with Crippen molar-refractivity contribution in [1.82, 2.24) is 4.31 Å². The maximum Gasteiger partial charge on any atom is 0.243 e. The Kier molecular flexibility index (Phi) is 4.06. The lowest BCUT2D eigenvalue weighted by molar-refractivity contribution is 0.320. The molecule has 2 N–H and O–H groups in total. The highest BCUT2D eigenvalue weighted by molar-refractivity contribution is 14.1. The van der Waals surface area contributed by atoms with Crippen molar-refractivity contribution < 1.29 is 8.42 Å². The van der Waals surface area contributed by atoms with Gasteiger partial charge in [-0.05, 0) is 53.6 Å². The van der Waals surface area contributed by atoms with Crippen molar-refractivity contribution in [1.29, 1.82) is 0 Å². The predicted molar refractivity (Wildman–Crippen MR) is 75.1 cm³/mol. The average Bonchev–Trinajstić information content (AvgIpc) is 2.29. The molecule has 0 amide bonds. The predicted octanol–water partition coefficient (Wildman–Crippen LogP) is 1.40. The first-order valence-corrected chi connectivity index (χ1v) is 8.03. The van der Waals surface area contributed by atoms with Gasteiger partial charge in [-0.25, -0.2) is 8.42 Å². The van der Waals surface area contributed by atoms with Crippen LogP contribution in [0, 0.1) is 3.57 Å². The summed E-state index contributed by atoms with van der Waals surface area (Å²) in [6.07, 6.45) is 1.48. The van der Waals surface area contributed by atoms with Gasteiger partial charge in [-0.2, -0.15) is 4.31 Å². The summed E-state index contributed by atoms with van der Waals surface area (Å²) < 4.78 is 27.1. The van der Waals surface area contributed by atoms with Gasteiger partial charge >= 0.3 is 0 Å². The molecule has 6 heteroatoms. The van der Waals surface area contributed by atoms with Gasteiger partial charge in [0, 0.05) is 22.7 Å². The summed E-state index contributed by atoms with van der Waals surface area (Å²) in [5.41, 5.74) is 5.78. The van der Waals surface area contributed by atoms with Crippen LogP contribution in [-0.2, 0) is 10.0 Å². The largest absolute Gasteiger partial charge is 0.328 e. The van der Waals surface area contributed by atoms with Gasteiger partial charge in [0.25, 0.3) is 0 Å². The van der Waals surface area contributed by atoms with Crippen molar-refractivity contribution in [3.8, 4) is 0 Å². The smallest absolute Gasteiger partial charge is 0.243 e. The molecule has 1 fully saturated rings. The second-order valence-corrected chi connectivity index (χ2v) is 7.38. The maximum atomic E-state index is 12.3. The Bertz CT molecular complexity index is 496. The van der Waals surface area contributed by atoms with E-state index >= 15 is 0 Å². The first kappa shape index (κ1) is 13.3. The lowest BCUT2D eigenvalue weighted by Crippen LogP contribution is -2.42. The Morgan fingerprint density at radius 3 is 2.53 bits per heavy atom. The van der Waals surface area contributed by atoms with Crippen LogP contribution in [0.1, 0.15) is 12.8 Å². The van der Waals surface area contributed by atoms with Crippen LogP contribution < -0.4 is 5.73 Å². The molecule has 1 aliphatic rings. The summed E-state index contributed by atoms with van der Waals surface area (Å²) in [7, 11) is -3.33. The summed E-state index contributed by atoms with van der Waals surface area (Å²) >= 11 is 2.12. The number of hydrogen-bond donors (Lipinski definition) is 1. The SMILES string of the molecule is NC1CCN(S(=O)(=O)c2cccc(I)c2)CC1. The summed E-state index contributed by atoms with van der Waals surface area (Å²) in [4.78, 5) is 0.375. The third kappa shape index (κ3) is 2.98. The van der Waals surface area contributed by atoms with Crippen molar-refractivity contribution in [2.24, 2.45) is 5.73 Å². The number of halogens is 1. The van der Waals surface area contributed by atoms with Crippen LogP contribution in [-0.4, -0.2) is 31.9 Å². The topological polar surface area (TPSA) is 63.4 Å². The molecule has 0 bridgehead atoms. The lowest BCUT2D eigenvalue weighted by atomic mass is 10.1. The Balaban J connectivity index is 2.25. The zero-order valence-corrected chi connectivity index (χ0v) is 12.3. The number of sulfonamides is 1. The fourth-order valence-corrected chi connectivity index (χ4v) is 4.16. The second kappa shape index (κ2) is 5.21. The first-order valence-electron chi connectivity index (χ1n) is 5.51. The van der Waals surface area contributed by atoms with Gasteiger partial charge in [-0.3, -0.25) is 0 Å². The van der Waals surface area contributed by atoms with E-state index in [9.17, 15) is 8.42 Å². The molecular weight excluding hydrogens is 351 g/mol. The van der Waals surface area contributed by atoms with E-state index in [1.165, 1.54) is 4.31 Å². The molecule has 17 heavy (non-hydrogen) atoms. The molecular formula is C11H15IN2O2S. The Hall–Kier alpha value is -0.180. The number of rotatable bonds is 2. The molecule has 4 nitrogen and oxygen atoms in total. The number of piperidine rings is 1. The highest BCUT2D eigenvalue weighted by atomic mass is 127. The monoisotopic (exact) mass is 366 g/mol. The molecule has 1 aliphatic heterocycles. The van der Waals surface area contributed by atoms with Crippen LogP contribution in [0.4, 0.5) is 0 Å². The number of hydrogen-bond acceptors (Lipinski definition) is 3. The molecule has 1 aromatic carbocycles. The van der Waals surface area contributed by atoms with Crippen LogP contribution in [0.2, 0.25) is 0 Å². The van der Waals surface area contributed by atoms with Crippen LogP contribution in [0.15, 0.2) is 29.2 Å². The van der Waals surface area contributed by atoms with E-state index in [-0.39, 0.29) is 6.04 Å². The molecule has 0 unspecified atom stereocenters. The van der Waals surface area contributed by atoms with E-state index in [0.717, 1.165) is 16.4 Å². The van der Waals surface area contributed by atoms with Crippen LogP contribution in [0.3, 0.4) is 0 Å². The van der Waals surface area contributed by atoms with E-state index in [4.69, 9.17) is 5.73 Å². The van der Waals surface area contributed by atoms with Gasteiger partial charge in [-0.1, -0.05) is 6.07 Å². The minimum Gasteiger partial charge on any atom is -0.328 e. The zero-order valence-electron chi connectivity index (χ0n) is 9.34. The number of nitrogens with zero attached hydrogens (tertiary/aromatic N) is 1. The third-order valence-electron chi connectivity index (χ3n) is 2.93. The third-order valence-corrected chi connectivity index (χ3v) is 5.50. The molecule has 0 saturated carbocycles. The molecule has 1 heterocycles. The fourth-order valence-electron chi connectivity index (χ4n) is 1.89. The van der Waals surface area contributed by atoms with Crippen LogP contribution >= 0.6 is 22.6 Å². The maximum absolute atomic E-state index is 12.3. The zero-order chi connectivity index (χ0) is 12.5. The Morgan fingerprint density at radius 2 is 1.94 bits per heavy atom. The molecule has 0 aliphatic carbocycles. The molecule has 2 rings (SSSR count). The van der Waals surface area contributed by atoms with E-state index < -0.39 is 10.0 Å². The summed E-state index contributed by atoms with van der Waals surface area (Å²) in [5, 5.41) is 0. The van der Waals surface area contributed by atoms with E-state index in [1.807, 2.05) is 6.07 Å². The molecule has 94 valence electrons. The highest BCUT2D eigenvalue weighted by Crippen LogP contribution is 2.21. The molecule has 1 saturated heterocycles. The van der Waals surface area contributed by atoms with Gasteiger partial charge in [0.1, 0.15) is 0 Å². The minimum absolute atomic E-state index is 0.136. The summed E-state index contributed by atoms with van der Waals surface area (Å²) in [6.45, 7) is 1.05. The van der Waals surface area contributed by atoms with E-state index in [1.54, 1.807) is 18.2 Å². The van der Waals surface area contributed by atoms with Crippen molar-refractivity contribution >= 4 is 32.6 Å². The first-order chi connectivity index (χ1) is 8.00. The fraction of sp³-hybridized carbons (Fsp3) is 0.455. The van der Waals surface area contributed by atoms with Gasteiger partial charge in [0.15, 0.2) is 0 Å². The van der Waals surface area contributed by atoms with Gasteiger partial charge in [0.05, 0.1) is 4.90 Å². The number of benzene rings is 1. The summed E-state index contributed by atoms with van der Waals surface area (Å²) in [6, 6.07) is 7.13.